The molecule has 18 heavy (non-hydrogen) atoms. The first kappa shape index (κ1) is 12.9. The van der Waals surface area contributed by atoms with E-state index in [1.54, 1.807) is 0 Å². The van der Waals surface area contributed by atoms with Gasteiger partial charge in [-0.15, -0.1) is 0 Å². The van der Waals surface area contributed by atoms with Crippen LogP contribution in [0.4, 0.5) is 11.6 Å². The minimum atomic E-state index is -1.27. The highest BCUT2D eigenvalue weighted by Gasteiger charge is 2.46. The number of hydrogen-bond acceptors (Lipinski definition) is 5. The molecule has 1 aliphatic heterocycles. The van der Waals surface area contributed by atoms with Gasteiger partial charge in [-0.05, 0) is 0 Å². The molecule has 0 aromatic carbocycles. The lowest BCUT2D eigenvalue weighted by atomic mass is 10.1. The van der Waals surface area contributed by atoms with E-state index >= 15 is 0 Å². The van der Waals surface area contributed by atoms with Crippen LogP contribution in [0, 0.1) is 13.1 Å². The second kappa shape index (κ2) is 4.99. The molecule has 8 nitrogen and oxygen atoms in total. The van der Waals surface area contributed by atoms with Gasteiger partial charge in [0.05, 0.1) is 6.61 Å². The number of aromatic nitrogens is 2. The van der Waals surface area contributed by atoms with E-state index in [4.69, 9.17) is 23.0 Å². The summed E-state index contributed by atoms with van der Waals surface area (Å²) < 4.78 is 10.4. The molecule has 9 heteroatoms. The van der Waals surface area contributed by atoms with Crippen molar-refractivity contribution in [3.63, 3.8) is 0 Å². The third-order valence-electron chi connectivity index (χ3n) is 2.62. The van der Waals surface area contributed by atoms with Gasteiger partial charge in [-0.1, -0.05) is 17.9 Å². The summed E-state index contributed by atoms with van der Waals surface area (Å²) in [6, 6.07) is 0. The molecule has 0 aliphatic carbocycles. The van der Waals surface area contributed by atoms with Crippen molar-refractivity contribution in [1.29, 1.82) is 0 Å². The standard InChI is InChI=1S/C9H9N4O4P/c1-10-7-8(11-2)13(18-12-7)9-6(16)5(15)4(3-14)17-9/h4-6,9,14-16H,3H2. The molecule has 1 aromatic heterocycles. The van der Waals surface area contributed by atoms with Crippen molar-refractivity contribution in [2.24, 2.45) is 0 Å². The van der Waals surface area contributed by atoms with E-state index in [9.17, 15) is 10.2 Å². The van der Waals surface area contributed by atoms with Gasteiger partial charge in [-0.3, -0.25) is 0 Å². The first-order valence-corrected chi connectivity index (χ1v) is 5.76. The average molecular weight is 268 g/mol. The van der Waals surface area contributed by atoms with Crippen LogP contribution in [0.25, 0.3) is 9.69 Å². The summed E-state index contributed by atoms with van der Waals surface area (Å²) >= 11 is 0. The van der Waals surface area contributed by atoms with Gasteiger partial charge >= 0.3 is 8.51 Å². The van der Waals surface area contributed by atoms with Crippen LogP contribution in [0.3, 0.4) is 0 Å². The quantitative estimate of drug-likeness (QED) is 0.665. The lowest BCUT2D eigenvalue weighted by molar-refractivity contribution is -0.0467. The SMILES string of the molecule is [C-]#[N+]c1npn(C2OC(CO)C(O)C2O)c1[N+]#[C-]. The highest BCUT2D eigenvalue weighted by atomic mass is 31.1. The summed E-state index contributed by atoms with van der Waals surface area (Å²) in [5.41, 5.74) is 0. The zero-order valence-corrected chi connectivity index (χ0v) is 9.90. The zero-order valence-electron chi connectivity index (χ0n) is 9.00. The Morgan fingerprint density at radius 3 is 2.56 bits per heavy atom. The summed E-state index contributed by atoms with van der Waals surface area (Å²) in [6.45, 7) is 13.4. The predicted molar refractivity (Wildman–Crippen MR) is 60.3 cm³/mol. The summed E-state index contributed by atoms with van der Waals surface area (Å²) in [7, 11) is 0.278. The average Bonchev–Trinajstić information content (AvgIpc) is 2.92. The molecular formula is C9H9N4O4P. The summed E-state index contributed by atoms with van der Waals surface area (Å²) in [4.78, 5) is 6.28. The summed E-state index contributed by atoms with van der Waals surface area (Å²) in [6.07, 6.45) is -4.42. The maximum atomic E-state index is 9.81. The molecule has 0 radical (unpaired) electrons. The molecule has 2 heterocycles. The normalized spacial score (nSPS) is 31.4. The van der Waals surface area contributed by atoms with E-state index in [0.717, 1.165) is 0 Å². The van der Waals surface area contributed by atoms with Crippen LogP contribution < -0.4 is 0 Å². The van der Waals surface area contributed by atoms with Gasteiger partial charge in [-0.25, -0.2) is 4.33 Å². The van der Waals surface area contributed by atoms with Crippen LogP contribution in [0.2, 0.25) is 0 Å². The molecule has 1 aliphatic rings. The van der Waals surface area contributed by atoms with Crippen LogP contribution >= 0.6 is 8.51 Å². The minimum absolute atomic E-state index is 0.0264. The van der Waals surface area contributed by atoms with Crippen LogP contribution in [-0.4, -0.2) is 49.3 Å². The van der Waals surface area contributed by atoms with Gasteiger partial charge in [0.2, 0.25) is 6.23 Å². The zero-order chi connectivity index (χ0) is 13.3. The number of ether oxygens (including phenoxy) is 1. The molecule has 94 valence electrons. The van der Waals surface area contributed by atoms with Crippen LogP contribution in [0.5, 0.6) is 0 Å². The smallest absolute Gasteiger partial charge is 0.362 e. The van der Waals surface area contributed by atoms with E-state index in [-0.39, 0.29) is 20.1 Å². The second-order valence-corrected chi connectivity index (χ2v) is 4.44. The molecule has 0 spiro atoms. The molecule has 1 aromatic rings. The molecule has 4 atom stereocenters. The van der Waals surface area contributed by atoms with Crippen molar-refractivity contribution in [1.82, 2.24) is 9.08 Å². The van der Waals surface area contributed by atoms with E-state index in [2.05, 4.69) is 14.4 Å². The Labute approximate surface area is 104 Å². The molecular weight excluding hydrogens is 259 g/mol. The Morgan fingerprint density at radius 1 is 1.33 bits per heavy atom. The molecule has 2 rings (SSSR count). The molecule has 1 fully saturated rings. The van der Waals surface area contributed by atoms with Gasteiger partial charge in [0.1, 0.15) is 18.3 Å². The minimum Gasteiger partial charge on any atom is -0.394 e. The van der Waals surface area contributed by atoms with Gasteiger partial charge < -0.3 is 29.7 Å². The van der Waals surface area contributed by atoms with Crippen molar-refractivity contribution in [2.75, 3.05) is 6.61 Å². The van der Waals surface area contributed by atoms with E-state index in [1.807, 2.05) is 0 Å². The van der Waals surface area contributed by atoms with Gasteiger partial charge in [0, 0.05) is 0 Å². The van der Waals surface area contributed by atoms with Gasteiger partial charge in [-0.2, -0.15) is 0 Å². The highest BCUT2D eigenvalue weighted by molar-refractivity contribution is 7.21. The Kier molecular flexibility index (Phi) is 3.58. The molecule has 0 bridgehead atoms. The Bertz CT molecular complexity index is 534. The second-order valence-electron chi connectivity index (χ2n) is 3.63. The largest absolute Gasteiger partial charge is 0.394 e. The lowest BCUT2D eigenvalue weighted by Gasteiger charge is -2.12. The van der Waals surface area contributed by atoms with Crippen LogP contribution in [-0.2, 0) is 4.74 Å². The van der Waals surface area contributed by atoms with Crippen molar-refractivity contribution in [3.8, 4) is 0 Å². The van der Waals surface area contributed by atoms with Gasteiger partial charge in [0.15, 0.2) is 0 Å². The molecule has 1 saturated heterocycles. The summed E-state index contributed by atoms with van der Waals surface area (Å²) in [5.74, 6) is -0.0779. The Hall–Kier alpha value is -1.54. The molecule has 3 N–H and O–H groups in total. The first-order valence-electron chi connectivity index (χ1n) is 4.96. The van der Waals surface area contributed by atoms with E-state index in [0.29, 0.717) is 0 Å². The fourth-order valence-electron chi connectivity index (χ4n) is 1.71. The lowest BCUT2D eigenvalue weighted by Crippen LogP contribution is -2.32. The number of aliphatic hydroxyl groups is 3. The third-order valence-corrected chi connectivity index (χ3v) is 3.51. The topological polar surface area (TPSA) is 96.5 Å². The number of aliphatic hydroxyl groups excluding tert-OH is 3. The first-order chi connectivity index (χ1) is 8.63. The van der Waals surface area contributed by atoms with Gasteiger partial charge in [0.25, 0.3) is 11.6 Å². The monoisotopic (exact) mass is 268 g/mol. The summed E-state index contributed by atoms with van der Waals surface area (Å²) in [5, 5.41) is 28.4. The van der Waals surface area contributed by atoms with Crippen LogP contribution in [0.1, 0.15) is 6.23 Å². The predicted octanol–water partition coefficient (Wildman–Crippen LogP) is 0.176. The fraction of sp³-hybridized carbons (Fsp3) is 0.556. The molecule has 0 amide bonds. The van der Waals surface area contributed by atoms with E-state index < -0.39 is 31.1 Å². The van der Waals surface area contributed by atoms with E-state index in [1.165, 1.54) is 4.33 Å². The molecule has 4 unspecified atom stereocenters. The highest BCUT2D eigenvalue weighted by Crippen LogP contribution is 2.39. The van der Waals surface area contributed by atoms with Crippen LogP contribution in [0.15, 0.2) is 0 Å². The third kappa shape index (κ3) is 1.87. The number of nitrogens with zero attached hydrogens (tertiary/aromatic N) is 4. The number of rotatable bonds is 2. The Balaban J connectivity index is 2.37. The fourth-order valence-corrected chi connectivity index (χ4v) is 2.53. The maximum absolute atomic E-state index is 9.81. The Morgan fingerprint density at radius 2 is 2.06 bits per heavy atom. The van der Waals surface area contributed by atoms with Crippen molar-refractivity contribution in [2.45, 2.75) is 24.5 Å². The van der Waals surface area contributed by atoms with Crippen molar-refractivity contribution >= 4 is 20.1 Å². The van der Waals surface area contributed by atoms with Crippen molar-refractivity contribution in [3.05, 3.63) is 22.8 Å². The van der Waals surface area contributed by atoms with Crippen molar-refractivity contribution < 1.29 is 20.1 Å². The number of hydrogen-bond donors (Lipinski definition) is 3. The molecule has 0 saturated carbocycles. The maximum Gasteiger partial charge on any atom is 0.362 e.